The van der Waals surface area contributed by atoms with Crippen LogP contribution in [-0.2, 0) is 4.79 Å². The van der Waals surface area contributed by atoms with E-state index >= 15 is 0 Å². The zero-order valence-electron chi connectivity index (χ0n) is 12.0. The lowest BCUT2D eigenvalue weighted by Gasteiger charge is -2.36. The number of thiazole rings is 1. The Bertz CT molecular complexity index is 438. The molecule has 1 aliphatic rings. The number of nitrogens with zero attached hydrogens (tertiary/aromatic N) is 1. The second kappa shape index (κ2) is 6.01. The molecule has 0 aliphatic carbocycles. The number of hydrogen-bond acceptors (Lipinski definition) is 4. The normalized spacial score (nSPS) is 19.9. The molecular formula is C14H23N3OS. The predicted molar refractivity (Wildman–Crippen MR) is 78.2 cm³/mol. The number of piperidine rings is 1. The third kappa shape index (κ3) is 3.15. The minimum atomic E-state index is -0.189. The van der Waals surface area contributed by atoms with Crippen molar-refractivity contribution >= 4 is 17.2 Å². The third-order valence-electron chi connectivity index (χ3n) is 4.07. The summed E-state index contributed by atoms with van der Waals surface area (Å²) in [7, 11) is 0. The average Bonchev–Trinajstić information content (AvgIpc) is 2.86. The van der Waals surface area contributed by atoms with Gasteiger partial charge in [-0.05, 0) is 46.2 Å². The maximum Gasteiger partial charge on any atom is 0.226 e. The number of carbonyl (C=O) groups is 1. The number of carbonyl (C=O) groups excluding carboxylic acids is 1. The molecule has 1 aromatic rings. The molecule has 1 unspecified atom stereocenters. The van der Waals surface area contributed by atoms with Crippen LogP contribution in [0.2, 0.25) is 0 Å². The fourth-order valence-electron chi connectivity index (χ4n) is 2.63. The number of rotatable bonds is 4. The smallest absolute Gasteiger partial charge is 0.226 e. The highest BCUT2D eigenvalue weighted by atomic mass is 32.1. The molecule has 1 saturated heterocycles. The van der Waals surface area contributed by atoms with E-state index in [1.807, 2.05) is 19.2 Å². The molecule has 0 aromatic carbocycles. The van der Waals surface area contributed by atoms with Gasteiger partial charge >= 0.3 is 0 Å². The highest BCUT2D eigenvalue weighted by Crippen LogP contribution is 2.33. The van der Waals surface area contributed by atoms with Crippen LogP contribution in [0.25, 0.3) is 0 Å². The maximum atomic E-state index is 12.6. The molecule has 2 N–H and O–H groups in total. The van der Waals surface area contributed by atoms with Crippen LogP contribution in [0.5, 0.6) is 0 Å². The van der Waals surface area contributed by atoms with Crippen molar-refractivity contribution in [3.05, 3.63) is 16.1 Å². The molecule has 1 amide bonds. The van der Waals surface area contributed by atoms with Crippen LogP contribution in [-0.4, -0.2) is 24.0 Å². The number of aryl methyl sites for hydroxylation is 1. The summed E-state index contributed by atoms with van der Waals surface area (Å²) in [5, 5.41) is 9.50. The van der Waals surface area contributed by atoms with E-state index in [4.69, 9.17) is 0 Å². The molecule has 19 heavy (non-hydrogen) atoms. The van der Waals surface area contributed by atoms with Crippen molar-refractivity contribution in [2.75, 3.05) is 13.1 Å². The van der Waals surface area contributed by atoms with E-state index in [9.17, 15) is 4.79 Å². The Morgan fingerprint density at radius 3 is 2.79 bits per heavy atom. The summed E-state index contributed by atoms with van der Waals surface area (Å²) in [4.78, 5) is 17.0. The van der Waals surface area contributed by atoms with Gasteiger partial charge in [-0.15, -0.1) is 11.3 Å². The van der Waals surface area contributed by atoms with Crippen LogP contribution in [0.15, 0.2) is 5.38 Å². The average molecular weight is 281 g/mol. The summed E-state index contributed by atoms with van der Waals surface area (Å²) < 4.78 is 0. The van der Waals surface area contributed by atoms with Crippen molar-refractivity contribution < 1.29 is 4.79 Å². The van der Waals surface area contributed by atoms with E-state index in [0.29, 0.717) is 0 Å². The van der Waals surface area contributed by atoms with Crippen LogP contribution >= 0.6 is 11.3 Å². The SMILES string of the molecule is CCC1(C(=O)NC(C)c2nc(C)cs2)CCNCC1. The molecule has 1 aromatic heterocycles. The number of aromatic nitrogens is 1. The van der Waals surface area contributed by atoms with E-state index in [0.717, 1.165) is 43.1 Å². The number of nitrogens with one attached hydrogen (secondary N) is 2. The Hall–Kier alpha value is -0.940. The molecule has 0 bridgehead atoms. The lowest BCUT2D eigenvalue weighted by Crippen LogP contribution is -2.47. The van der Waals surface area contributed by atoms with Crippen LogP contribution in [0.4, 0.5) is 0 Å². The van der Waals surface area contributed by atoms with Gasteiger partial charge in [-0.1, -0.05) is 6.92 Å². The standard InChI is InChI=1S/C14H23N3OS/c1-4-14(5-7-15-8-6-14)13(18)17-11(3)12-16-10(2)9-19-12/h9,11,15H,4-8H2,1-3H3,(H,17,18). The zero-order chi connectivity index (χ0) is 13.9. The number of amides is 1. The molecule has 106 valence electrons. The first-order chi connectivity index (χ1) is 9.07. The Morgan fingerprint density at radius 2 is 2.26 bits per heavy atom. The fraction of sp³-hybridized carbons (Fsp3) is 0.714. The zero-order valence-corrected chi connectivity index (χ0v) is 12.8. The highest BCUT2D eigenvalue weighted by Gasteiger charge is 2.38. The summed E-state index contributed by atoms with van der Waals surface area (Å²) in [5.41, 5.74) is 0.833. The first-order valence-electron chi connectivity index (χ1n) is 7.01. The van der Waals surface area contributed by atoms with E-state index in [1.165, 1.54) is 0 Å². The van der Waals surface area contributed by atoms with Crippen molar-refractivity contribution in [3.8, 4) is 0 Å². The molecule has 4 nitrogen and oxygen atoms in total. The summed E-state index contributed by atoms with van der Waals surface area (Å²) in [5.74, 6) is 0.192. The molecule has 2 heterocycles. The molecule has 1 fully saturated rings. The molecule has 0 spiro atoms. The lowest BCUT2D eigenvalue weighted by molar-refractivity contribution is -0.133. The van der Waals surface area contributed by atoms with Crippen LogP contribution in [0.1, 0.15) is 49.9 Å². The summed E-state index contributed by atoms with van der Waals surface area (Å²) in [6, 6.07) is 0.00418. The Labute approximate surface area is 119 Å². The van der Waals surface area contributed by atoms with Gasteiger partial charge in [-0.3, -0.25) is 4.79 Å². The van der Waals surface area contributed by atoms with Crippen molar-refractivity contribution in [2.24, 2.45) is 5.41 Å². The van der Waals surface area contributed by atoms with E-state index in [1.54, 1.807) is 11.3 Å². The largest absolute Gasteiger partial charge is 0.347 e. The van der Waals surface area contributed by atoms with Gasteiger partial charge in [0.05, 0.1) is 11.5 Å². The minimum absolute atomic E-state index is 0.00418. The topological polar surface area (TPSA) is 54.0 Å². The predicted octanol–water partition coefficient (Wildman–Crippen LogP) is 2.41. The minimum Gasteiger partial charge on any atom is -0.347 e. The van der Waals surface area contributed by atoms with Crippen molar-refractivity contribution in [1.82, 2.24) is 15.6 Å². The summed E-state index contributed by atoms with van der Waals surface area (Å²) >= 11 is 1.61. The van der Waals surface area contributed by atoms with Crippen LogP contribution < -0.4 is 10.6 Å². The Balaban J connectivity index is 2.03. The van der Waals surface area contributed by atoms with Gasteiger partial charge in [0, 0.05) is 11.1 Å². The first kappa shape index (κ1) is 14.5. The van der Waals surface area contributed by atoms with Crippen molar-refractivity contribution in [1.29, 1.82) is 0 Å². The van der Waals surface area contributed by atoms with Gasteiger partial charge in [0.15, 0.2) is 0 Å². The summed E-state index contributed by atoms with van der Waals surface area (Å²) in [6.45, 7) is 7.98. The third-order valence-corrected chi connectivity index (χ3v) is 5.22. The molecule has 1 atom stereocenters. The molecule has 0 radical (unpaired) electrons. The van der Waals surface area contributed by atoms with Crippen molar-refractivity contribution in [3.63, 3.8) is 0 Å². The highest BCUT2D eigenvalue weighted by molar-refractivity contribution is 7.09. The van der Waals surface area contributed by atoms with Gasteiger partial charge in [0.2, 0.25) is 5.91 Å². The molecular weight excluding hydrogens is 258 g/mol. The van der Waals surface area contributed by atoms with E-state index in [2.05, 4.69) is 22.5 Å². The monoisotopic (exact) mass is 281 g/mol. The summed E-state index contributed by atoms with van der Waals surface area (Å²) in [6.07, 6.45) is 2.77. The number of hydrogen-bond donors (Lipinski definition) is 2. The molecule has 5 heteroatoms. The van der Waals surface area contributed by atoms with Gasteiger partial charge in [-0.2, -0.15) is 0 Å². The van der Waals surface area contributed by atoms with E-state index < -0.39 is 0 Å². The fourth-order valence-corrected chi connectivity index (χ4v) is 3.43. The van der Waals surface area contributed by atoms with Crippen molar-refractivity contribution in [2.45, 2.75) is 46.1 Å². The van der Waals surface area contributed by atoms with Gasteiger partial charge < -0.3 is 10.6 Å². The second-order valence-corrected chi connectivity index (χ2v) is 6.30. The van der Waals surface area contributed by atoms with E-state index in [-0.39, 0.29) is 17.4 Å². The van der Waals surface area contributed by atoms with Gasteiger partial charge in [-0.25, -0.2) is 4.98 Å². The van der Waals surface area contributed by atoms with Gasteiger partial charge in [0.25, 0.3) is 0 Å². The quantitative estimate of drug-likeness (QED) is 0.891. The first-order valence-corrected chi connectivity index (χ1v) is 7.89. The Morgan fingerprint density at radius 1 is 1.58 bits per heavy atom. The maximum absolute atomic E-state index is 12.6. The lowest BCUT2D eigenvalue weighted by atomic mass is 9.75. The van der Waals surface area contributed by atoms with Crippen LogP contribution in [0.3, 0.4) is 0 Å². The molecule has 1 aliphatic heterocycles. The van der Waals surface area contributed by atoms with Gasteiger partial charge in [0.1, 0.15) is 5.01 Å². The van der Waals surface area contributed by atoms with Crippen LogP contribution in [0, 0.1) is 12.3 Å². The molecule has 2 rings (SSSR count). The molecule has 0 saturated carbocycles. The Kier molecular flexibility index (Phi) is 4.58. The second-order valence-electron chi connectivity index (χ2n) is 5.41.